The van der Waals surface area contributed by atoms with Gasteiger partial charge in [0.1, 0.15) is 0 Å². The molecule has 2 saturated carbocycles. The van der Waals surface area contributed by atoms with Crippen molar-refractivity contribution < 1.29 is 19.4 Å². The molecule has 4 nitrogen and oxygen atoms in total. The fraction of sp³-hybridized carbons (Fsp3) is 0.529. The molecule has 2 aliphatic rings. The number of halogens is 1. The van der Waals surface area contributed by atoms with Crippen LogP contribution < -0.4 is 0 Å². The number of hydrogen-bond acceptors (Lipinski definition) is 4. The van der Waals surface area contributed by atoms with E-state index < -0.39 is 5.92 Å². The van der Waals surface area contributed by atoms with E-state index in [2.05, 4.69) is 0 Å². The van der Waals surface area contributed by atoms with Crippen LogP contribution in [0.25, 0.3) is 0 Å². The second kappa shape index (κ2) is 6.01. The first kappa shape index (κ1) is 15.5. The summed E-state index contributed by atoms with van der Waals surface area (Å²) < 4.78 is 4.89. The minimum atomic E-state index is -0.407. The van der Waals surface area contributed by atoms with E-state index in [1.54, 1.807) is 24.3 Å². The van der Waals surface area contributed by atoms with E-state index >= 15 is 0 Å². The van der Waals surface area contributed by atoms with Crippen LogP contribution in [0.2, 0.25) is 5.02 Å². The van der Waals surface area contributed by atoms with Crippen molar-refractivity contribution in [1.29, 1.82) is 0 Å². The molecule has 1 aromatic rings. The maximum absolute atomic E-state index is 12.4. The Labute approximate surface area is 134 Å². The van der Waals surface area contributed by atoms with E-state index in [1.165, 1.54) is 7.11 Å². The van der Waals surface area contributed by atoms with Gasteiger partial charge in [-0.3, -0.25) is 9.59 Å². The van der Waals surface area contributed by atoms with Crippen LogP contribution in [-0.2, 0) is 9.53 Å². The highest BCUT2D eigenvalue weighted by Crippen LogP contribution is 2.61. The number of aliphatic hydroxyl groups excluding tert-OH is 1. The number of Topliss-reactive ketones (excluding diaryl/α,β-unsaturated/α-hetero) is 1. The quantitative estimate of drug-likeness (QED) is 0.668. The molecule has 2 aliphatic carbocycles. The monoisotopic (exact) mass is 322 g/mol. The van der Waals surface area contributed by atoms with Crippen molar-refractivity contribution in [3.63, 3.8) is 0 Å². The molecular weight excluding hydrogens is 304 g/mol. The van der Waals surface area contributed by atoms with Crippen molar-refractivity contribution in [2.75, 3.05) is 7.11 Å². The Morgan fingerprint density at radius 3 is 2.41 bits per heavy atom. The highest BCUT2D eigenvalue weighted by Gasteiger charge is 2.60. The molecule has 3 unspecified atom stereocenters. The van der Waals surface area contributed by atoms with Crippen LogP contribution in [0, 0.1) is 23.7 Å². The van der Waals surface area contributed by atoms with E-state index in [9.17, 15) is 14.7 Å². The van der Waals surface area contributed by atoms with E-state index in [0.717, 1.165) is 12.8 Å². The van der Waals surface area contributed by atoms with Crippen molar-refractivity contribution in [2.24, 2.45) is 23.7 Å². The minimum Gasteiger partial charge on any atom is -0.469 e. The number of aliphatic hydroxyl groups is 1. The maximum atomic E-state index is 12.4. The molecule has 0 amide bonds. The van der Waals surface area contributed by atoms with Crippen molar-refractivity contribution in [3.05, 3.63) is 34.9 Å². The number of rotatable bonds is 5. The molecule has 0 aromatic heterocycles. The first-order chi connectivity index (χ1) is 10.5. The smallest absolute Gasteiger partial charge is 0.309 e. The van der Waals surface area contributed by atoms with Crippen LogP contribution in [0.1, 0.15) is 29.6 Å². The first-order valence-electron chi connectivity index (χ1n) is 7.56. The molecule has 0 aliphatic heterocycles. The molecule has 1 N–H and O–H groups in total. The highest BCUT2D eigenvalue weighted by molar-refractivity contribution is 6.30. The van der Waals surface area contributed by atoms with Gasteiger partial charge >= 0.3 is 5.97 Å². The number of ether oxygens (including phenoxy) is 1. The predicted octanol–water partition coefficient (Wildman–Crippen LogP) is 2.72. The van der Waals surface area contributed by atoms with Crippen LogP contribution in [-0.4, -0.2) is 30.1 Å². The summed E-state index contributed by atoms with van der Waals surface area (Å²) in [6, 6.07) is 6.70. The highest BCUT2D eigenvalue weighted by atomic mass is 35.5. The summed E-state index contributed by atoms with van der Waals surface area (Å²) in [4.78, 5) is 24.5. The largest absolute Gasteiger partial charge is 0.469 e. The summed E-state index contributed by atoms with van der Waals surface area (Å²) in [6.07, 6.45) is 1.37. The van der Waals surface area contributed by atoms with Gasteiger partial charge in [0, 0.05) is 17.0 Å². The third-order valence-electron chi connectivity index (χ3n) is 5.03. The van der Waals surface area contributed by atoms with Crippen molar-refractivity contribution in [2.45, 2.75) is 25.4 Å². The molecule has 0 bridgehead atoms. The molecule has 118 valence electrons. The van der Waals surface area contributed by atoms with Crippen LogP contribution >= 0.6 is 11.6 Å². The van der Waals surface area contributed by atoms with Gasteiger partial charge in [-0.2, -0.15) is 0 Å². The summed E-state index contributed by atoms with van der Waals surface area (Å²) >= 11 is 5.82. The van der Waals surface area contributed by atoms with Gasteiger partial charge in [0.05, 0.1) is 19.1 Å². The van der Waals surface area contributed by atoms with Crippen molar-refractivity contribution >= 4 is 23.4 Å². The van der Waals surface area contributed by atoms with Crippen LogP contribution in [0.15, 0.2) is 24.3 Å². The van der Waals surface area contributed by atoms with Crippen molar-refractivity contribution in [1.82, 2.24) is 0 Å². The van der Waals surface area contributed by atoms with E-state index in [4.69, 9.17) is 16.3 Å². The van der Waals surface area contributed by atoms with Gasteiger partial charge in [-0.15, -0.1) is 0 Å². The second-order valence-electron chi connectivity index (χ2n) is 6.29. The SMILES string of the molecule is COC(=O)C(CC(=O)c1ccc(Cl)cc1)C1[C@H]2CC(O)C[C@@H]12. The fourth-order valence-electron chi connectivity index (χ4n) is 3.94. The Kier molecular flexibility index (Phi) is 4.24. The number of ketones is 1. The van der Waals surface area contributed by atoms with Gasteiger partial charge < -0.3 is 9.84 Å². The number of benzene rings is 1. The standard InChI is InChI=1S/C17H19ClO4/c1-22-17(21)14(16-12-6-11(19)7-13(12)16)8-15(20)9-2-4-10(18)5-3-9/h2-5,11-14,16,19H,6-8H2,1H3/t11?,12-,13+,14?,16?. The van der Waals surface area contributed by atoms with Gasteiger partial charge in [-0.1, -0.05) is 11.6 Å². The third kappa shape index (κ3) is 2.90. The number of hydrogen-bond donors (Lipinski definition) is 1. The molecule has 1 aromatic carbocycles. The zero-order chi connectivity index (χ0) is 15.9. The molecular formula is C17H19ClO4. The van der Waals surface area contributed by atoms with Gasteiger partial charge in [-0.25, -0.2) is 0 Å². The van der Waals surface area contributed by atoms with E-state index in [1.807, 2.05) is 0 Å². The lowest BCUT2D eigenvalue weighted by Crippen LogP contribution is -2.25. The number of esters is 1. The number of carbonyl (C=O) groups excluding carboxylic acids is 2. The summed E-state index contributed by atoms with van der Waals surface area (Å²) in [6.45, 7) is 0. The lowest BCUT2D eigenvalue weighted by atomic mass is 9.90. The third-order valence-corrected chi connectivity index (χ3v) is 5.28. The summed E-state index contributed by atoms with van der Waals surface area (Å²) in [5.74, 6) is 0.0887. The molecule has 22 heavy (non-hydrogen) atoms. The number of methoxy groups -OCH3 is 1. The van der Waals surface area contributed by atoms with Gasteiger partial charge in [0.25, 0.3) is 0 Å². The normalized spacial score (nSPS) is 30.5. The molecule has 0 radical (unpaired) electrons. The summed E-state index contributed by atoms with van der Waals surface area (Å²) in [5.41, 5.74) is 0.559. The van der Waals surface area contributed by atoms with Gasteiger partial charge in [0.2, 0.25) is 0 Å². The molecule has 5 atom stereocenters. The zero-order valence-corrected chi connectivity index (χ0v) is 13.1. The second-order valence-corrected chi connectivity index (χ2v) is 6.73. The molecule has 0 spiro atoms. The lowest BCUT2D eigenvalue weighted by Gasteiger charge is -2.17. The van der Waals surface area contributed by atoms with E-state index in [-0.39, 0.29) is 30.2 Å². The van der Waals surface area contributed by atoms with Crippen LogP contribution in [0.5, 0.6) is 0 Å². The molecule has 2 fully saturated rings. The van der Waals surface area contributed by atoms with Crippen molar-refractivity contribution in [3.8, 4) is 0 Å². The Balaban J connectivity index is 1.70. The van der Waals surface area contributed by atoms with Gasteiger partial charge in [0.15, 0.2) is 5.78 Å². The minimum absolute atomic E-state index is 0.0717. The van der Waals surface area contributed by atoms with Crippen LogP contribution in [0.4, 0.5) is 0 Å². The molecule has 0 saturated heterocycles. The Morgan fingerprint density at radius 2 is 1.86 bits per heavy atom. The zero-order valence-electron chi connectivity index (χ0n) is 12.4. The Morgan fingerprint density at radius 1 is 1.27 bits per heavy atom. The van der Waals surface area contributed by atoms with E-state index in [0.29, 0.717) is 22.4 Å². The van der Waals surface area contributed by atoms with Crippen LogP contribution in [0.3, 0.4) is 0 Å². The molecule has 3 rings (SSSR count). The maximum Gasteiger partial charge on any atom is 0.309 e. The summed E-state index contributed by atoms with van der Waals surface area (Å²) in [5, 5.41) is 10.2. The lowest BCUT2D eigenvalue weighted by molar-refractivity contribution is -0.146. The summed E-state index contributed by atoms with van der Waals surface area (Å²) in [7, 11) is 1.36. The average molecular weight is 323 g/mol. The number of carbonyl (C=O) groups is 2. The fourth-order valence-corrected chi connectivity index (χ4v) is 4.07. The average Bonchev–Trinajstić information content (AvgIpc) is 3.00. The molecule has 0 heterocycles. The first-order valence-corrected chi connectivity index (χ1v) is 7.93. The van der Waals surface area contributed by atoms with Gasteiger partial charge in [-0.05, 0) is 54.9 Å². The topological polar surface area (TPSA) is 63.6 Å². The molecule has 5 heteroatoms. The number of fused-ring (bicyclic) bond motifs is 1. The Bertz CT molecular complexity index is 571. The Hall–Kier alpha value is -1.39. The predicted molar refractivity (Wildman–Crippen MR) is 81.6 cm³/mol.